The zero-order chi connectivity index (χ0) is 19.4. The number of hydrogen-bond acceptors (Lipinski definition) is 6. The van der Waals surface area contributed by atoms with E-state index in [0.717, 1.165) is 36.1 Å². The number of likely N-dealkylation sites (tertiary alicyclic amines) is 1. The van der Waals surface area contributed by atoms with Crippen molar-refractivity contribution in [2.45, 2.75) is 24.9 Å². The van der Waals surface area contributed by atoms with E-state index in [-0.39, 0.29) is 5.91 Å². The van der Waals surface area contributed by atoms with E-state index in [1.807, 2.05) is 34.7 Å². The Morgan fingerprint density at radius 2 is 2.04 bits per heavy atom. The predicted molar refractivity (Wildman–Crippen MR) is 105 cm³/mol. The molecule has 27 heavy (non-hydrogen) atoms. The van der Waals surface area contributed by atoms with Crippen molar-refractivity contribution >= 4 is 17.7 Å². The van der Waals surface area contributed by atoms with Crippen LogP contribution in [0.2, 0.25) is 0 Å². The van der Waals surface area contributed by atoms with Crippen molar-refractivity contribution in [2.75, 3.05) is 33.1 Å². The van der Waals surface area contributed by atoms with Gasteiger partial charge in [-0.25, -0.2) is 0 Å². The minimum Gasteiger partial charge on any atom is -0.493 e. The van der Waals surface area contributed by atoms with Gasteiger partial charge in [0.2, 0.25) is 5.91 Å². The maximum atomic E-state index is 12.5. The van der Waals surface area contributed by atoms with Crippen molar-refractivity contribution in [3.05, 3.63) is 18.2 Å². The predicted octanol–water partition coefficient (Wildman–Crippen LogP) is 2.85. The fourth-order valence-electron chi connectivity index (χ4n) is 3.30. The normalized spacial score (nSPS) is 17.0. The number of methoxy groups -OCH3 is 2. The number of hydrogen-bond donors (Lipinski definition) is 0. The molecule has 1 aromatic carbocycles. The van der Waals surface area contributed by atoms with Crippen molar-refractivity contribution in [3.8, 4) is 22.9 Å². The molecule has 0 radical (unpaired) electrons. The summed E-state index contributed by atoms with van der Waals surface area (Å²) in [4.78, 5) is 14.4. The molecule has 1 aliphatic rings. The number of ether oxygens (including phenoxy) is 2. The van der Waals surface area contributed by atoms with Gasteiger partial charge in [0, 0.05) is 25.7 Å². The molecule has 1 atom stereocenters. The molecule has 0 spiro atoms. The van der Waals surface area contributed by atoms with Crippen LogP contribution in [0.5, 0.6) is 11.5 Å². The largest absolute Gasteiger partial charge is 0.493 e. The van der Waals surface area contributed by atoms with Crippen LogP contribution in [-0.4, -0.2) is 58.6 Å². The van der Waals surface area contributed by atoms with Crippen LogP contribution >= 0.6 is 11.8 Å². The number of thioether (sulfide) groups is 1. The van der Waals surface area contributed by atoms with Crippen LogP contribution < -0.4 is 9.47 Å². The Morgan fingerprint density at radius 1 is 1.26 bits per heavy atom. The van der Waals surface area contributed by atoms with E-state index in [2.05, 4.69) is 17.1 Å². The summed E-state index contributed by atoms with van der Waals surface area (Å²) in [5.41, 5.74) is 0.880. The number of carbonyl (C=O) groups excluding carboxylic acids is 1. The van der Waals surface area contributed by atoms with E-state index in [1.54, 1.807) is 14.2 Å². The van der Waals surface area contributed by atoms with Crippen molar-refractivity contribution in [1.29, 1.82) is 0 Å². The average molecular weight is 391 g/mol. The second kappa shape index (κ2) is 8.65. The van der Waals surface area contributed by atoms with E-state index in [4.69, 9.17) is 9.47 Å². The van der Waals surface area contributed by atoms with Crippen LogP contribution in [-0.2, 0) is 11.8 Å². The molecule has 1 saturated heterocycles. The van der Waals surface area contributed by atoms with Crippen LogP contribution in [0.15, 0.2) is 23.4 Å². The maximum Gasteiger partial charge on any atom is 0.233 e. The Morgan fingerprint density at radius 3 is 2.74 bits per heavy atom. The van der Waals surface area contributed by atoms with Crippen molar-refractivity contribution < 1.29 is 14.3 Å². The third-order valence-electron chi connectivity index (χ3n) is 4.81. The molecule has 0 bridgehead atoms. The first-order valence-corrected chi connectivity index (χ1v) is 10.0. The molecule has 1 aliphatic heterocycles. The van der Waals surface area contributed by atoms with E-state index < -0.39 is 0 Å². The SMILES string of the molecule is COc1ccc(-c2nnc(SCC(=O)N3CCC[C@H](C)C3)n2C)cc1OC. The molecule has 1 fully saturated rings. The quantitative estimate of drug-likeness (QED) is 0.707. The van der Waals surface area contributed by atoms with Gasteiger partial charge in [0.15, 0.2) is 22.5 Å². The highest BCUT2D eigenvalue weighted by Gasteiger charge is 2.22. The van der Waals surface area contributed by atoms with Gasteiger partial charge in [-0.15, -0.1) is 10.2 Å². The van der Waals surface area contributed by atoms with Crippen LogP contribution in [0.3, 0.4) is 0 Å². The lowest BCUT2D eigenvalue weighted by molar-refractivity contribution is -0.130. The summed E-state index contributed by atoms with van der Waals surface area (Å²) >= 11 is 1.43. The van der Waals surface area contributed by atoms with Crippen LogP contribution in [0.25, 0.3) is 11.4 Å². The summed E-state index contributed by atoms with van der Waals surface area (Å²) in [5.74, 6) is 3.16. The topological polar surface area (TPSA) is 69.5 Å². The van der Waals surface area contributed by atoms with E-state index in [1.165, 1.54) is 18.2 Å². The minimum absolute atomic E-state index is 0.169. The highest BCUT2D eigenvalue weighted by atomic mass is 32.2. The van der Waals surface area contributed by atoms with Crippen LogP contribution in [0.1, 0.15) is 19.8 Å². The molecule has 2 aromatic rings. The van der Waals surface area contributed by atoms with Gasteiger partial charge in [-0.3, -0.25) is 4.79 Å². The zero-order valence-electron chi connectivity index (χ0n) is 16.3. The highest BCUT2D eigenvalue weighted by Crippen LogP contribution is 2.32. The molecule has 8 heteroatoms. The van der Waals surface area contributed by atoms with Gasteiger partial charge in [-0.2, -0.15) is 0 Å². The summed E-state index contributed by atoms with van der Waals surface area (Å²) in [6.45, 7) is 3.92. The van der Waals surface area contributed by atoms with Gasteiger partial charge >= 0.3 is 0 Å². The number of piperidine rings is 1. The first-order valence-electron chi connectivity index (χ1n) is 9.05. The van der Waals surface area contributed by atoms with Gasteiger partial charge in [0.05, 0.1) is 20.0 Å². The molecule has 0 N–H and O–H groups in total. The lowest BCUT2D eigenvalue weighted by Gasteiger charge is -2.30. The second-order valence-corrected chi connectivity index (χ2v) is 7.75. The summed E-state index contributed by atoms with van der Waals surface area (Å²) < 4.78 is 12.5. The molecule has 0 unspecified atom stereocenters. The average Bonchev–Trinajstić information content (AvgIpc) is 3.06. The maximum absolute atomic E-state index is 12.5. The summed E-state index contributed by atoms with van der Waals surface area (Å²) in [6.07, 6.45) is 2.29. The Labute approximate surface area is 164 Å². The smallest absolute Gasteiger partial charge is 0.233 e. The molecule has 7 nitrogen and oxygen atoms in total. The Balaban J connectivity index is 1.69. The molecule has 1 aromatic heterocycles. The van der Waals surface area contributed by atoms with Gasteiger partial charge in [0.1, 0.15) is 0 Å². The lowest BCUT2D eigenvalue weighted by atomic mass is 10.0. The third-order valence-corrected chi connectivity index (χ3v) is 5.82. The summed E-state index contributed by atoms with van der Waals surface area (Å²) in [6, 6.07) is 5.63. The van der Waals surface area contributed by atoms with Crippen molar-refractivity contribution in [2.24, 2.45) is 13.0 Å². The first-order chi connectivity index (χ1) is 13.0. The van der Waals surface area contributed by atoms with E-state index >= 15 is 0 Å². The number of aromatic nitrogens is 3. The fourth-order valence-corrected chi connectivity index (χ4v) is 4.11. The van der Waals surface area contributed by atoms with Gasteiger partial charge in [-0.1, -0.05) is 18.7 Å². The number of nitrogens with zero attached hydrogens (tertiary/aromatic N) is 4. The standard InChI is InChI=1S/C19H26N4O3S/c1-13-6-5-9-23(11-13)17(24)12-27-19-21-20-18(22(19)2)14-7-8-15(25-3)16(10-14)26-4/h7-8,10,13H,5-6,9,11-12H2,1-4H3/t13-/m0/s1. The molecule has 2 heterocycles. The molecule has 1 amide bonds. The Hall–Kier alpha value is -2.22. The lowest BCUT2D eigenvalue weighted by Crippen LogP contribution is -2.40. The zero-order valence-corrected chi connectivity index (χ0v) is 17.1. The molecule has 146 valence electrons. The van der Waals surface area contributed by atoms with E-state index in [9.17, 15) is 4.79 Å². The van der Waals surface area contributed by atoms with Crippen LogP contribution in [0, 0.1) is 5.92 Å². The second-order valence-electron chi connectivity index (χ2n) is 6.81. The van der Waals surface area contributed by atoms with Gasteiger partial charge in [-0.05, 0) is 37.0 Å². The minimum atomic E-state index is 0.169. The van der Waals surface area contributed by atoms with Gasteiger partial charge in [0.25, 0.3) is 0 Å². The molecule has 0 aliphatic carbocycles. The van der Waals surface area contributed by atoms with Crippen molar-refractivity contribution in [3.63, 3.8) is 0 Å². The number of carbonyl (C=O) groups is 1. The Kier molecular flexibility index (Phi) is 6.26. The monoisotopic (exact) mass is 390 g/mol. The first kappa shape index (κ1) is 19.5. The summed E-state index contributed by atoms with van der Waals surface area (Å²) in [7, 11) is 5.11. The number of amides is 1. The highest BCUT2D eigenvalue weighted by molar-refractivity contribution is 7.99. The van der Waals surface area contributed by atoms with Crippen LogP contribution in [0.4, 0.5) is 0 Å². The molecular weight excluding hydrogens is 364 g/mol. The summed E-state index contributed by atoms with van der Waals surface area (Å²) in [5, 5.41) is 9.27. The van der Waals surface area contributed by atoms with E-state index in [0.29, 0.717) is 23.2 Å². The molecule has 3 rings (SSSR count). The van der Waals surface area contributed by atoms with Gasteiger partial charge < -0.3 is 18.9 Å². The number of rotatable bonds is 6. The van der Waals surface area contributed by atoms with Crippen molar-refractivity contribution in [1.82, 2.24) is 19.7 Å². The Bertz CT molecular complexity index is 808. The molecular formula is C19H26N4O3S. The molecule has 0 saturated carbocycles. The fraction of sp³-hybridized carbons (Fsp3) is 0.526. The third kappa shape index (κ3) is 4.37. The number of benzene rings is 1.